The van der Waals surface area contributed by atoms with Gasteiger partial charge in [-0.1, -0.05) is 6.07 Å². The molecular formula is C22H18F3N7O2. The maximum atomic E-state index is 13.2. The number of H-pyrrole nitrogens is 1. The molecule has 0 radical (unpaired) electrons. The van der Waals surface area contributed by atoms with Crippen molar-refractivity contribution in [3.63, 3.8) is 0 Å². The van der Waals surface area contributed by atoms with Crippen LogP contribution in [0.25, 0.3) is 22.0 Å². The van der Waals surface area contributed by atoms with Gasteiger partial charge in [0.25, 0.3) is 5.91 Å². The number of pyridine rings is 2. The Hall–Kier alpha value is -4.48. The largest absolute Gasteiger partial charge is 0.419 e. The van der Waals surface area contributed by atoms with E-state index in [2.05, 4.69) is 30.8 Å². The van der Waals surface area contributed by atoms with Crippen LogP contribution >= 0.6 is 0 Å². The fourth-order valence-corrected chi connectivity index (χ4v) is 3.17. The molecule has 3 heterocycles. The summed E-state index contributed by atoms with van der Waals surface area (Å²) in [5, 5.41) is 12.0. The Labute approximate surface area is 191 Å². The van der Waals surface area contributed by atoms with Gasteiger partial charge in [0.15, 0.2) is 5.69 Å². The number of rotatable bonds is 4. The van der Waals surface area contributed by atoms with Crippen LogP contribution in [0, 0.1) is 0 Å². The molecule has 0 unspecified atom stereocenters. The van der Waals surface area contributed by atoms with E-state index in [1.54, 1.807) is 44.6 Å². The highest BCUT2D eigenvalue weighted by Crippen LogP contribution is 2.34. The van der Waals surface area contributed by atoms with Gasteiger partial charge >= 0.3 is 12.2 Å². The Bertz CT molecular complexity index is 1380. The molecule has 4 rings (SSSR count). The van der Waals surface area contributed by atoms with Gasteiger partial charge in [-0.2, -0.15) is 18.3 Å². The number of hydrogen-bond acceptors (Lipinski definition) is 5. The predicted molar refractivity (Wildman–Crippen MR) is 119 cm³/mol. The second-order valence-corrected chi connectivity index (χ2v) is 7.47. The van der Waals surface area contributed by atoms with Crippen LogP contribution in [0.1, 0.15) is 16.1 Å². The Balaban J connectivity index is 1.66. The third-order valence-electron chi connectivity index (χ3n) is 4.85. The molecule has 0 saturated carbocycles. The highest BCUT2D eigenvalue weighted by atomic mass is 19.4. The van der Waals surface area contributed by atoms with Crippen molar-refractivity contribution in [3.05, 3.63) is 66.2 Å². The molecule has 0 atom stereocenters. The molecule has 0 aliphatic rings. The summed E-state index contributed by atoms with van der Waals surface area (Å²) in [4.78, 5) is 33.9. The topological polar surface area (TPSA) is 116 Å². The van der Waals surface area contributed by atoms with Gasteiger partial charge in [-0.15, -0.1) is 0 Å². The average Bonchev–Trinajstić information content (AvgIpc) is 3.22. The molecule has 3 amide bonds. The van der Waals surface area contributed by atoms with E-state index >= 15 is 0 Å². The van der Waals surface area contributed by atoms with Gasteiger partial charge in [0, 0.05) is 37.4 Å². The van der Waals surface area contributed by atoms with Gasteiger partial charge in [0.1, 0.15) is 5.82 Å². The lowest BCUT2D eigenvalue weighted by atomic mass is 10.0. The molecule has 9 nitrogen and oxygen atoms in total. The number of fused-ring (bicyclic) bond motifs is 1. The van der Waals surface area contributed by atoms with Crippen LogP contribution in [0.3, 0.4) is 0 Å². The van der Waals surface area contributed by atoms with Gasteiger partial charge < -0.3 is 15.5 Å². The molecule has 3 N–H and O–H groups in total. The fraction of sp³-hybridized carbons (Fsp3) is 0.136. The Morgan fingerprint density at radius 3 is 2.56 bits per heavy atom. The van der Waals surface area contributed by atoms with Crippen LogP contribution in [0.2, 0.25) is 0 Å². The summed E-state index contributed by atoms with van der Waals surface area (Å²) in [5.74, 6) is -1.46. The first-order valence-electron chi connectivity index (χ1n) is 9.89. The van der Waals surface area contributed by atoms with E-state index in [0.717, 1.165) is 18.3 Å². The Morgan fingerprint density at radius 1 is 1.03 bits per heavy atom. The zero-order valence-corrected chi connectivity index (χ0v) is 17.9. The number of urea groups is 1. The van der Waals surface area contributed by atoms with Gasteiger partial charge in [-0.05, 0) is 35.9 Å². The van der Waals surface area contributed by atoms with Crippen molar-refractivity contribution < 1.29 is 22.8 Å². The smallest absolute Gasteiger partial charge is 0.331 e. The third kappa shape index (κ3) is 4.65. The summed E-state index contributed by atoms with van der Waals surface area (Å²) >= 11 is 0. The number of nitrogens with zero attached hydrogens (tertiary/aromatic N) is 4. The molecular weight excluding hydrogens is 451 g/mol. The van der Waals surface area contributed by atoms with Crippen LogP contribution in [0.15, 0.2) is 55.0 Å². The van der Waals surface area contributed by atoms with E-state index in [1.807, 2.05) is 0 Å². The van der Waals surface area contributed by atoms with Crippen molar-refractivity contribution in [2.45, 2.75) is 6.18 Å². The zero-order valence-electron chi connectivity index (χ0n) is 17.9. The molecule has 4 aromatic rings. The number of carbonyl (C=O) groups is 2. The standard InChI is InChI=1S/C22H18F3N7O2/c1-32(2)21(34)28-14-8-13(10-26-11-14)12-5-6-17-15(9-12)18(31-30-17)20(33)29-19-16(22(23,24)25)4-3-7-27-19/h3-11H,1-2H3,(H,28,34)(H,30,31)(H,27,29,33). The van der Waals surface area contributed by atoms with Crippen molar-refractivity contribution in [3.8, 4) is 11.1 Å². The number of carbonyl (C=O) groups excluding carboxylic acids is 2. The van der Waals surface area contributed by atoms with Crippen molar-refractivity contribution in [1.82, 2.24) is 25.1 Å². The summed E-state index contributed by atoms with van der Waals surface area (Å²) in [6.07, 6.45) is -0.459. The molecule has 174 valence electrons. The molecule has 1 aromatic carbocycles. The van der Waals surface area contributed by atoms with Crippen LogP contribution < -0.4 is 10.6 Å². The quantitative estimate of drug-likeness (QED) is 0.410. The first-order valence-corrected chi connectivity index (χ1v) is 9.89. The minimum atomic E-state index is -4.68. The molecule has 0 bridgehead atoms. The maximum Gasteiger partial charge on any atom is 0.419 e. The number of amides is 3. The third-order valence-corrected chi connectivity index (χ3v) is 4.85. The predicted octanol–water partition coefficient (Wildman–Crippen LogP) is 4.38. The second-order valence-electron chi connectivity index (χ2n) is 7.47. The van der Waals surface area contributed by atoms with E-state index in [1.165, 1.54) is 11.1 Å². The van der Waals surface area contributed by atoms with Crippen LogP contribution in [-0.4, -0.2) is 51.1 Å². The number of hydrogen-bond donors (Lipinski definition) is 3. The first kappa shape index (κ1) is 22.7. The number of alkyl halides is 3. The summed E-state index contributed by atoms with van der Waals surface area (Å²) in [6, 6.07) is 8.45. The summed E-state index contributed by atoms with van der Waals surface area (Å²) < 4.78 is 39.7. The summed E-state index contributed by atoms with van der Waals surface area (Å²) in [7, 11) is 3.21. The van der Waals surface area contributed by atoms with E-state index < -0.39 is 23.5 Å². The molecule has 0 fully saturated rings. The highest BCUT2D eigenvalue weighted by molar-refractivity contribution is 6.11. The minimum absolute atomic E-state index is 0.0966. The molecule has 0 spiro atoms. The summed E-state index contributed by atoms with van der Waals surface area (Å²) in [6.45, 7) is 0. The van der Waals surface area contributed by atoms with Crippen molar-refractivity contribution in [2.75, 3.05) is 24.7 Å². The van der Waals surface area contributed by atoms with Crippen LogP contribution in [0.4, 0.5) is 29.5 Å². The minimum Gasteiger partial charge on any atom is -0.331 e. The summed E-state index contributed by atoms with van der Waals surface area (Å²) in [5.41, 5.74) is 1.12. The molecule has 0 aliphatic heterocycles. The highest BCUT2D eigenvalue weighted by Gasteiger charge is 2.34. The Morgan fingerprint density at radius 2 is 1.82 bits per heavy atom. The maximum absolute atomic E-state index is 13.2. The molecule has 0 aliphatic carbocycles. The van der Waals surface area contributed by atoms with Gasteiger partial charge in [-0.3, -0.25) is 14.9 Å². The first-order chi connectivity index (χ1) is 16.1. The normalized spacial score (nSPS) is 11.3. The lowest BCUT2D eigenvalue weighted by Crippen LogP contribution is -2.27. The van der Waals surface area contributed by atoms with Gasteiger partial charge in [0.05, 0.1) is 23.0 Å². The van der Waals surface area contributed by atoms with Crippen molar-refractivity contribution in [2.24, 2.45) is 0 Å². The number of aromatic amines is 1. The van der Waals surface area contributed by atoms with E-state index in [-0.39, 0.29) is 11.7 Å². The molecule has 3 aromatic heterocycles. The van der Waals surface area contributed by atoms with E-state index in [0.29, 0.717) is 27.7 Å². The number of halogens is 3. The van der Waals surface area contributed by atoms with E-state index in [9.17, 15) is 22.8 Å². The van der Waals surface area contributed by atoms with Crippen LogP contribution in [-0.2, 0) is 6.18 Å². The number of anilines is 2. The second kappa shape index (κ2) is 8.81. The fourth-order valence-electron chi connectivity index (χ4n) is 3.17. The lowest BCUT2D eigenvalue weighted by Gasteiger charge is -2.12. The number of aromatic nitrogens is 4. The monoisotopic (exact) mass is 469 g/mol. The molecule has 0 saturated heterocycles. The molecule has 34 heavy (non-hydrogen) atoms. The average molecular weight is 469 g/mol. The number of benzene rings is 1. The van der Waals surface area contributed by atoms with Crippen molar-refractivity contribution in [1.29, 1.82) is 0 Å². The van der Waals surface area contributed by atoms with Crippen molar-refractivity contribution >= 4 is 34.3 Å². The van der Waals surface area contributed by atoms with E-state index in [4.69, 9.17) is 0 Å². The lowest BCUT2D eigenvalue weighted by molar-refractivity contribution is -0.137. The van der Waals surface area contributed by atoms with Gasteiger partial charge in [-0.25, -0.2) is 9.78 Å². The Kier molecular flexibility index (Phi) is 5.88. The zero-order chi connectivity index (χ0) is 24.5. The number of nitrogens with one attached hydrogen (secondary N) is 3. The SMILES string of the molecule is CN(C)C(=O)Nc1cncc(-c2ccc3[nH]nc(C(=O)Nc4ncccc4C(F)(F)F)c3c2)c1. The molecule has 12 heteroatoms. The van der Waals surface area contributed by atoms with Gasteiger partial charge in [0.2, 0.25) is 0 Å². The van der Waals surface area contributed by atoms with Crippen LogP contribution in [0.5, 0.6) is 0 Å².